The molecule has 3 rings (SSSR count). The van der Waals surface area contributed by atoms with E-state index in [0.29, 0.717) is 5.84 Å². The molecule has 0 radical (unpaired) electrons. The predicted molar refractivity (Wildman–Crippen MR) is 99.4 cm³/mol. The van der Waals surface area contributed by atoms with E-state index in [1.54, 1.807) is 13.1 Å². The third kappa shape index (κ3) is 3.72. The highest BCUT2D eigenvalue weighted by Crippen LogP contribution is 2.19. The Balaban J connectivity index is 1.93. The summed E-state index contributed by atoms with van der Waals surface area (Å²) in [5.74, 6) is -0.221. The van der Waals surface area contributed by atoms with E-state index in [1.807, 2.05) is 36.4 Å². The molecule has 0 aromatic heterocycles. The lowest BCUT2D eigenvalue weighted by molar-refractivity contribution is -0.121. The molecule has 0 fully saturated rings. The molecule has 1 amide bonds. The average Bonchev–Trinajstić information content (AvgIpc) is 2.90. The minimum Gasteiger partial charge on any atom is -0.508 e. The Morgan fingerprint density at radius 1 is 1.12 bits per heavy atom. The van der Waals surface area contributed by atoms with Crippen molar-refractivity contribution in [2.45, 2.75) is 0 Å². The zero-order chi connectivity index (χ0) is 18.7. The van der Waals surface area contributed by atoms with Gasteiger partial charge in [0, 0.05) is 12.5 Å². The lowest BCUT2D eigenvalue weighted by atomic mass is 9.81. The first-order chi connectivity index (χ1) is 12.5. The molecule has 26 heavy (non-hydrogen) atoms. The molecule has 1 aliphatic heterocycles. The summed E-state index contributed by atoms with van der Waals surface area (Å²) in [5, 5.41) is 9.40. The number of amidine groups is 1. The van der Waals surface area contributed by atoms with Crippen LogP contribution in [0.5, 0.6) is 5.75 Å². The van der Waals surface area contributed by atoms with Gasteiger partial charge in [0.05, 0.1) is 0 Å². The van der Waals surface area contributed by atoms with Gasteiger partial charge in [-0.3, -0.25) is 18.3 Å². The van der Waals surface area contributed by atoms with Crippen LogP contribution in [0, 0.1) is 0 Å². The maximum atomic E-state index is 13.2. The number of carbonyl (C=O) groups is 1. The van der Waals surface area contributed by atoms with Crippen LogP contribution in [0.25, 0.3) is 12.2 Å². The summed E-state index contributed by atoms with van der Waals surface area (Å²) in [6, 6.07) is 13.1. The van der Waals surface area contributed by atoms with E-state index in [9.17, 15) is 18.5 Å². The molecule has 0 spiro atoms. The lowest BCUT2D eigenvalue weighted by Crippen LogP contribution is -2.26. The van der Waals surface area contributed by atoms with Crippen LogP contribution < -0.4 is 5.46 Å². The number of carbonyl (C=O) groups excluding carboxylic acids is 1. The van der Waals surface area contributed by atoms with Gasteiger partial charge in [0.2, 0.25) is 0 Å². The van der Waals surface area contributed by atoms with E-state index in [-0.39, 0.29) is 28.4 Å². The van der Waals surface area contributed by atoms with E-state index >= 15 is 0 Å². The summed E-state index contributed by atoms with van der Waals surface area (Å²) in [7, 11) is -1.20. The lowest BCUT2D eigenvalue weighted by Gasteiger charge is -2.08. The normalized spacial score (nSPS) is 15.8. The fraction of sp³-hybridized carbons (Fsp3) is 0.0526. The Labute approximate surface area is 150 Å². The number of rotatable bonds is 4. The van der Waals surface area contributed by atoms with Crippen LogP contribution in [-0.4, -0.2) is 36.1 Å². The molecule has 0 unspecified atom stereocenters. The molecule has 130 valence electrons. The number of halogens is 2. The second-order valence-corrected chi connectivity index (χ2v) is 5.72. The number of aromatic hydroxyl groups is 1. The molecule has 1 N–H and O–H groups in total. The van der Waals surface area contributed by atoms with Crippen molar-refractivity contribution in [3.05, 3.63) is 71.4 Å². The van der Waals surface area contributed by atoms with Gasteiger partial charge in [0.1, 0.15) is 17.3 Å². The highest BCUT2D eigenvalue weighted by atomic mass is 19.2. The summed E-state index contributed by atoms with van der Waals surface area (Å²) in [4.78, 5) is 17.9. The van der Waals surface area contributed by atoms with Gasteiger partial charge in [0.25, 0.3) is 5.91 Å². The zero-order valence-corrected chi connectivity index (χ0v) is 13.9. The molecule has 7 heteroatoms. The van der Waals surface area contributed by atoms with Gasteiger partial charge < -0.3 is 5.11 Å². The van der Waals surface area contributed by atoms with E-state index in [0.717, 1.165) is 11.6 Å². The first-order valence-corrected chi connectivity index (χ1v) is 7.88. The van der Waals surface area contributed by atoms with Gasteiger partial charge in [-0.05, 0) is 35.4 Å². The van der Waals surface area contributed by atoms with Crippen LogP contribution in [0.4, 0.5) is 8.63 Å². The number of nitrogens with zero attached hydrogens (tertiary/aromatic N) is 2. The number of aliphatic imine (C=N–C) groups is 1. The van der Waals surface area contributed by atoms with Crippen molar-refractivity contribution in [2.24, 2.45) is 4.99 Å². The Bertz CT molecular complexity index is 924. The molecular formula is C19H15BF2N2O2. The molecule has 0 bridgehead atoms. The van der Waals surface area contributed by atoms with Crippen molar-refractivity contribution in [1.29, 1.82) is 0 Å². The van der Waals surface area contributed by atoms with Gasteiger partial charge in [-0.1, -0.05) is 42.5 Å². The topological polar surface area (TPSA) is 52.9 Å². The monoisotopic (exact) mass is 352 g/mol. The molecule has 2 aromatic carbocycles. The molecule has 0 saturated carbocycles. The molecule has 2 aromatic rings. The molecule has 0 saturated heterocycles. The number of amides is 1. The van der Waals surface area contributed by atoms with Crippen molar-refractivity contribution in [1.82, 2.24) is 4.90 Å². The summed E-state index contributed by atoms with van der Waals surface area (Å²) < 4.78 is 26.3. The Morgan fingerprint density at radius 3 is 2.54 bits per heavy atom. The summed E-state index contributed by atoms with van der Waals surface area (Å²) in [5.41, 5.74) is 0.808. The van der Waals surface area contributed by atoms with Gasteiger partial charge >= 0.3 is 7.27 Å². The Hall–Kier alpha value is -3.22. The first kappa shape index (κ1) is 17.6. The van der Waals surface area contributed by atoms with Crippen LogP contribution in [0.1, 0.15) is 11.1 Å². The van der Waals surface area contributed by atoms with Crippen molar-refractivity contribution < 1.29 is 18.5 Å². The van der Waals surface area contributed by atoms with Crippen LogP contribution >= 0.6 is 0 Å². The average molecular weight is 352 g/mol. The van der Waals surface area contributed by atoms with E-state index in [1.165, 1.54) is 23.1 Å². The highest BCUT2D eigenvalue weighted by molar-refractivity contribution is 6.61. The van der Waals surface area contributed by atoms with Gasteiger partial charge in [-0.15, -0.1) is 0 Å². The van der Waals surface area contributed by atoms with Crippen LogP contribution in [-0.2, 0) is 4.79 Å². The fourth-order valence-electron chi connectivity index (χ4n) is 2.53. The molecular weight excluding hydrogens is 337 g/mol. The van der Waals surface area contributed by atoms with Gasteiger partial charge in [-0.2, -0.15) is 0 Å². The van der Waals surface area contributed by atoms with E-state index in [4.69, 9.17) is 0 Å². The van der Waals surface area contributed by atoms with Crippen LogP contribution in [0.3, 0.4) is 0 Å². The minimum atomic E-state index is -2.77. The quantitative estimate of drug-likeness (QED) is 0.680. The van der Waals surface area contributed by atoms with Gasteiger partial charge in [0.15, 0.2) is 0 Å². The number of benzene rings is 2. The van der Waals surface area contributed by atoms with Crippen molar-refractivity contribution >= 4 is 36.6 Å². The molecule has 4 nitrogen and oxygen atoms in total. The SMILES string of the molecule is CN1C(=O)C(=Cc2ccc(O)cc2B(F)F)N=C1C=Cc1ccccc1. The number of hydrogen-bond donors (Lipinski definition) is 1. The number of phenolic OH excluding ortho intramolecular Hbond substituents is 1. The Kier molecular flexibility index (Phi) is 4.98. The number of hydrogen-bond acceptors (Lipinski definition) is 3. The maximum Gasteiger partial charge on any atom is 0.572 e. The van der Waals surface area contributed by atoms with Crippen molar-refractivity contribution in [2.75, 3.05) is 7.05 Å². The summed E-state index contributed by atoms with van der Waals surface area (Å²) >= 11 is 0. The molecule has 1 aliphatic rings. The van der Waals surface area contributed by atoms with Gasteiger partial charge in [-0.25, -0.2) is 4.99 Å². The molecule has 1 heterocycles. The van der Waals surface area contributed by atoms with Crippen LogP contribution in [0.2, 0.25) is 0 Å². The predicted octanol–water partition coefficient (Wildman–Crippen LogP) is 2.95. The van der Waals surface area contributed by atoms with Crippen LogP contribution in [0.15, 0.2) is 65.3 Å². The van der Waals surface area contributed by atoms with E-state index < -0.39 is 7.27 Å². The second kappa shape index (κ2) is 7.35. The third-order valence-electron chi connectivity index (χ3n) is 3.92. The third-order valence-corrected chi connectivity index (χ3v) is 3.92. The highest BCUT2D eigenvalue weighted by Gasteiger charge is 2.27. The number of likely N-dealkylation sites (N-methyl/N-ethyl adjacent to an activating group) is 1. The maximum absolute atomic E-state index is 13.2. The smallest absolute Gasteiger partial charge is 0.508 e. The second-order valence-electron chi connectivity index (χ2n) is 5.72. The standard InChI is InChI=1S/C19H15BF2N2O2/c1-24-18(10-7-13-5-3-2-4-6-13)23-17(19(24)26)11-14-8-9-15(25)12-16(14)20(21)22/h2-12,25H,1H3. The Morgan fingerprint density at radius 2 is 1.85 bits per heavy atom. The fourth-order valence-corrected chi connectivity index (χ4v) is 2.53. The van der Waals surface area contributed by atoms with Crippen molar-refractivity contribution in [3.8, 4) is 5.75 Å². The minimum absolute atomic E-state index is 0.0628. The summed E-state index contributed by atoms with van der Waals surface area (Å²) in [6.07, 6.45) is 4.82. The van der Waals surface area contributed by atoms with E-state index in [2.05, 4.69) is 4.99 Å². The first-order valence-electron chi connectivity index (χ1n) is 7.88. The molecule has 0 aliphatic carbocycles. The zero-order valence-electron chi connectivity index (χ0n) is 13.9. The summed E-state index contributed by atoms with van der Waals surface area (Å²) in [6.45, 7) is 0. The largest absolute Gasteiger partial charge is 0.572 e. The van der Waals surface area contributed by atoms with Crippen molar-refractivity contribution in [3.63, 3.8) is 0 Å². The molecule has 0 atom stereocenters. The number of phenols is 1.